The maximum absolute atomic E-state index is 11.8. The third-order valence-electron chi connectivity index (χ3n) is 1.95. The molecule has 0 aliphatic heterocycles. The lowest BCUT2D eigenvalue weighted by molar-refractivity contribution is -0.150. The molecule has 0 amide bonds. The Morgan fingerprint density at radius 3 is 2.32 bits per heavy atom. The topological polar surface area (TPSA) is 82.0 Å². The molecule has 1 atom stereocenters. The fraction of sp³-hybridized carbons (Fsp3) is 0.333. The zero-order valence-corrected chi connectivity index (χ0v) is 11.7. The zero-order valence-electron chi connectivity index (χ0n) is 10.9. The Labute approximate surface area is 112 Å². The van der Waals surface area contributed by atoms with Crippen LogP contribution in [0, 0.1) is 0 Å². The summed E-state index contributed by atoms with van der Waals surface area (Å²) in [6.45, 7) is 4.56. The molecular formula is C12H15NO5S. The molecule has 0 aliphatic carbocycles. The van der Waals surface area contributed by atoms with Crippen LogP contribution in [0.25, 0.3) is 0 Å². The highest BCUT2D eigenvalue weighted by Gasteiger charge is 2.25. The second-order valence-corrected chi connectivity index (χ2v) is 5.53. The quantitative estimate of drug-likeness (QED) is 0.356. The third kappa shape index (κ3) is 4.80. The Balaban J connectivity index is 2.74. The van der Waals surface area contributed by atoms with Gasteiger partial charge in [-0.25, -0.2) is 4.79 Å². The Hall–Kier alpha value is -1.73. The van der Waals surface area contributed by atoms with Crippen molar-refractivity contribution >= 4 is 21.8 Å². The fourth-order valence-electron chi connectivity index (χ4n) is 1.08. The van der Waals surface area contributed by atoms with Crippen LogP contribution in [0.3, 0.4) is 0 Å². The minimum Gasteiger partial charge on any atom is -0.315 e. The highest BCUT2D eigenvalue weighted by Crippen LogP contribution is 2.14. The molecule has 1 unspecified atom stereocenters. The van der Waals surface area contributed by atoms with Crippen LogP contribution in [0.5, 0.6) is 0 Å². The van der Waals surface area contributed by atoms with Crippen LogP contribution in [0.4, 0.5) is 0 Å². The molecule has 0 fully saturated rings. The van der Waals surface area contributed by atoms with E-state index in [9.17, 15) is 13.2 Å². The average molecular weight is 285 g/mol. The fourth-order valence-corrected chi connectivity index (χ4v) is 2.14. The first-order valence-electron chi connectivity index (χ1n) is 5.53. The van der Waals surface area contributed by atoms with Crippen LogP contribution in [0.15, 0.2) is 40.4 Å². The van der Waals surface area contributed by atoms with E-state index >= 15 is 0 Å². The summed E-state index contributed by atoms with van der Waals surface area (Å²) in [6, 6.07) is 7.55. The first kappa shape index (κ1) is 15.3. The van der Waals surface area contributed by atoms with Crippen LogP contribution in [-0.2, 0) is 23.9 Å². The Morgan fingerprint density at radius 1 is 1.21 bits per heavy atom. The summed E-state index contributed by atoms with van der Waals surface area (Å²) >= 11 is 0. The van der Waals surface area contributed by atoms with Crippen molar-refractivity contribution in [1.82, 2.24) is 0 Å². The van der Waals surface area contributed by atoms with Crippen LogP contribution >= 0.6 is 0 Å². The highest BCUT2D eigenvalue weighted by molar-refractivity contribution is 7.86. The van der Waals surface area contributed by atoms with Gasteiger partial charge in [0.1, 0.15) is 0 Å². The average Bonchev–Trinajstić information content (AvgIpc) is 2.36. The predicted molar refractivity (Wildman–Crippen MR) is 69.0 cm³/mol. The summed E-state index contributed by atoms with van der Waals surface area (Å²) in [7, 11) is -3.99. The molecule has 0 aromatic heterocycles. The predicted octanol–water partition coefficient (Wildman–Crippen LogP) is 1.72. The van der Waals surface area contributed by atoms with Crippen molar-refractivity contribution in [3.63, 3.8) is 0 Å². The number of carbonyl (C=O) groups excluding carboxylic acids is 1. The molecule has 7 heteroatoms. The van der Waals surface area contributed by atoms with Crippen LogP contribution < -0.4 is 0 Å². The highest BCUT2D eigenvalue weighted by atomic mass is 32.2. The third-order valence-corrected chi connectivity index (χ3v) is 3.34. The Bertz CT molecular complexity index is 561. The van der Waals surface area contributed by atoms with Gasteiger partial charge in [0, 0.05) is 0 Å². The minimum atomic E-state index is -3.99. The van der Waals surface area contributed by atoms with Gasteiger partial charge in [-0.15, -0.1) is 0 Å². The molecule has 0 bridgehead atoms. The van der Waals surface area contributed by atoms with Crippen LogP contribution in [0.1, 0.15) is 20.8 Å². The molecule has 0 saturated heterocycles. The van der Waals surface area contributed by atoms with Crippen molar-refractivity contribution in [2.24, 2.45) is 5.16 Å². The molecule has 104 valence electrons. The smallest absolute Gasteiger partial charge is 0.315 e. The van der Waals surface area contributed by atoms with Crippen LogP contribution in [-0.4, -0.2) is 26.2 Å². The maximum atomic E-state index is 11.8. The second kappa shape index (κ2) is 6.44. The Kier molecular flexibility index (Phi) is 5.20. The maximum Gasteiger partial charge on any atom is 0.364 e. The van der Waals surface area contributed by atoms with E-state index in [1.54, 1.807) is 32.0 Å². The number of benzene rings is 1. The van der Waals surface area contributed by atoms with Crippen LogP contribution in [0.2, 0.25) is 0 Å². The zero-order chi connectivity index (χ0) is 14.5. The molecule has 0 radical (unpaired) electrons. The van der Waals surface area contributed by atoms with Gasteiger partial charge in [0.15, 0.2) is 6.10 Å². The van der Waals surface area contributed by atoms with Gasteiger partial charge in [-0.3, -0.25) is 4.18 Å². The normalized spacial score (nSPS) is 12.6. The first-order chi connectivity index (χ1) is 8.83. The number of hydrogen-bond donors (Lipinski definition) is 0. The summed E-state index contributed by atoms with van der Waals surface area (Å²) in [5.41, 5.74) is 0.534. The lowest BCUT2D eigenvalue weighted by Gasteiger charge is -2.10. The number of nitrogens with zero attached hydrogens (tertiary/aromatic N) is 1. The van der Waals surface area contributed by atoms with Crippen molar-refractivity contribution in [2.75, 3.05) is 0 Å². The summed E-state index contributed by atoms with van der Waals surface area (Å²) in [4.78, 5) is 15.9. The second-order valence-electron chi connectivity index (χ2n) is 3.95. The van der Waals surface area contributed by atoms with E-state index in [-0.39, 0.29) is 4.90 Å². The van der Waals surface area contributed by atoms with Gasteiger partial charge in [0.25, 0.3) is 10.1 Å². The van der Waals surface area contributed by atoms with Gasteiger partial charge in [-0.2, -0.15) is 8.42 Å². The molecule has 6 nitrogen and oxygen atoms in total. The molecule has 0 aliphatic rings. The van der Waals surface area contributed by atoms with E-state index in [0.717, 1.165) is 0 Å². The SMILES string of the molecule is CC(C)=NOC(=O)C(C)OS(=O)(=O)c1ccccc1. The van der Waals surface area contributed by atoms with Crippen molar-refractivity contribution in [3.8, 4) is 0 Å². The minimum absolute atomic E-state index is 0.0233. The van der Waals surface area contributed by atoms with Crippen molar-refractivity contribution in [2.45, 2.75) is 31.8 Å². The Morgan fingerprint density at radius 2 is 1.79 bits per heavy atom. The molecule has 0 saturated carbocycles. The first-order valence-corrected chi connectivity index (χ1v) is 6.94. The van der Waals surface area contributed by atoms with Crippen molar-refractivity contribution < 1.29 is 22.2 Å². The van der Waals surface area contributed by atoms with Gasteiger partial charge >= 0.3 is 5.97 Å². The molecule has 0 heterocycles. The number of oxime groups is 1. The molecule has 0 spiro atoms. The van der Waals surface area contributed by atoms with E-state index < -0.39 is 22.2 Å². The largest absolute Gasteiger partial charge is 0.364 e. The molecule has 1 aromatic carbocycles. The van der Waals surface area contributed by atoms with E-state index in [0.29, 0.717) is 5.71 Å². The van der Waals surface area contributed by atoms with Gasteiger partial charge in [-0.05, 0) is 32.9 Å². The van der Waals surface area contributed by atoms with Crippen molar-refractivity contribution in [1.29, 1.82) is 0 Å². The summed E-state index contributed by atoms with van der Waals surface area (Å²) in [5, 5.41) is 3.44. The van der Waals surface area contributed by atoms with Gasteiger partial charge < -0.3 is 4.84 Å². The van der Waals surface area contributed by atoms with Crippen molar-refractivity contribution in [3.05, 3.63) is 30.3 Å². The van der Waals surface area contributed by atoms with E-state index in [1.807, 2.05) is 0 Å². The molecule has 1 aromatic rings. The number of carbonyl (C=O) groups is 1. The standard InChI is InChI=1S/C12H15NO5S/c1-9(2)13-17-12(14)10(3)18-19(15,16)11-7-5-4-6-8-11/h4-8,10H,1-3H3. The van der Waals surface area contributed by atoms with Gasteiger partial charge in [-0.1, -0.05) is 23.4 Å². The van der Waals surface area contributed by atoms with E-state index in [2.05, 4.69) is 9.99 Å². The monoisotopic (exact) mass is 285 g/mol. The summed E-state index contributed by atoms with van der Waals surface area (Å²) in [6.07, 6.45) is -1.27. The lowest BCUT2D eigenvalue weighted by Crippen LogP contribution is -2.25. The molecule has 1 rings (SSSR count). The summed E-state index contributed by atoms with van der Waals surface area (Å²) < 4.78 is 28.4. The van der Waals surface area contributed by atoms with Gasteiger partial charge in [0.2, 0.25) is 0 Å². The van der Waals surface area contributed by atoms with E-state index in [1.165, 1.54) is 19.1 Å². The number of hydrogen-bond acceptors (Lipinski definition) is 6. The molecule has 19 heavy (non-hydrogen) atoms. The molecule has 0 N–H and O–H groups in total. The number of rotatable bonds is 5. The lowest BCUT2D eigenvalue weighted by atomic mass is 10.4. The molecular weight excluding hydrogens is 270 g/mol. The van der Waals surface area contributed by atoms with Gasteiger partial charge in [0.05, 0.1) is 10.6 Å². The van der Waals surface area contributed by atoms with E-state index in [4.69, 9.17) is 4.18 Å². The summed E-state index contributed by atoms with van der Waals surface area (Å²) in [5.74, 6) is -0.874.